The van der Waals surface area contributed by atoms with Crippen molar-refractivity contribution >= 4 is 24.1 Å². The molecule has 0 aliphatic carbocycles. The molecule has 1 N–H and O–H groups in total. The number of carboxylic acid groups (broad SMARTS) is 1. The van der Waals surface area contributed by atoms with Crippen LogP contribution in [0, 0.1) is 0 Å². The van der Waals surface area contributed by atoms with E-state index in [2.05, 4.69) is 4.98 Å². The second-order valence-corrected chi connectivity index (χ2v) is 2.59. The van der Waals surface area contributed by atoms with E-state index >= 15 is 0 Å². The number of aromatic carboxylic acids is 1. The second kappa shape index (κ2) is 4.67. The van der Waals surface area contributed by atoms with Crippen molar-refractivity contribution in [1.82, 2.24) is 4.98 Å². The fourth-order valence-corrected chi connectivity index (χ4v) is 0.923. The number of nitrogens with zero attached hydrogens (tertiary/aromatic N) is 2. The van der Waals surface area contributed by atoms with E-state index in [1.54, 1.807) is 19.0 Å². The zero-order valence-electron chi connectivity index (χ0n) is 7.39. The van der Waals surface area contributed by atoms with Gasteiger partial charge in [0.2, 0.25) is 0 Å². The highest BCUT2D eigenvalue weighted by Crippen LogP contribution is 2.15. The van der Waals surface area contributed by atoms with Crippen LogP contribution >= 0.6 is 12.4 Å². The van der Waals surface area contributed by atoms with Gasteiger partial charge in [0.15, 0.2) is 0 Å². The van der Waals surface area contributed by atoms with E-state index in [4.69, 9.17) is 5.11 Å². The Morgan fingerprint density at radius 3 is 2.54 bits per heavy atom. The number of halogens is 1. The predicted molar refractivity (Wildman–Crippen MR) is 52.8 cm³/mol. The topological polar surface area (TPSA) is 53.4 Å². The Hall–Kier alpha value is -1.29. The molecule has 1 aromatic heterocycles. The average Bonchev–Trinajstić information content (AvgIpc) is 2.04. The normalized spacial score (nSPS) is 8.77. The number of aromatic nitrogens is 1. The van der Waals surface area contributed by atoms with Crippen molar-refractivity contribution in [3.05, 3.63) is 24.0 Å². The van der Waals surface area contributed by atoms with Crippen LogP contribution in [0.1, 0.15) is 10.4 Å². The highest BCUT2D eigenvalue weighted by molar-refractivity contribution is 5.93. The maximum atomic E-state index is 10.7. The van der Waals surface area contributed by atoms with Gasteiger partial charge in [-0.25, -0.2) is 4.79 Å². The standard InChI is InChI=1S/C8H10N2O2.ClH/c1-10(2)7-5-9-4-3-6(7)8(11)12;/h3-5H,1-2H3,(H,11,12);1H. The van der Waals surface area contributed by atoms with Crippen molar-refractivity contribution < 1.29 is 9.90 Å². The van der Waals surface area contributed by atoms with Crippen LogP contribution in [0.3, 0.4) is 0 Å². The van der Waals surface area contributed by atoms with Crippen LogP contribution < -0.4 is 4.90 Å². The lowest BCUT2D eigenvalue weighted by Gasteiger charge is -2.13. The van der Waals surface area contributed by atoms with Gasteiger partial charge in [-0.1, -0.05) is 0 Å². The van der Waals surface area contributed by atoms with Crippen LogP contribution in [0.25, 0.3) is 0 Å². The highest BCUT2D eigenvalue weighted by Gasteiger charge is 2.09. The molecule has 0 radical (unpaired) electrons. The number of rotatable bonds is 2. The van der Waals surface area contributed by atoms with Gasteiger partial charge in [-0.15, -0.1) is 12.4 Å². The monoisotopic (exact) mass is 202 g/mol. The zero-order valence-corrected chi connectivity index (χ0v) is 8.21. The van der Waals surface area contributed by atoms with Crippen LogP contribution in [0.5, 0.6) is 0 Å². The minimum Gasteiger partial charge on any atom is -0.478 e. The summed E-state index contributed by atoms with van der Waals surface area (Å²) in [5, 5.41) is 8.76. The third-order valence-corrected chi connectivity index (χ3v) is 1.51. The lowest BCUT2D eigenvalue weighted by atomic mass is 10.2. The average molecular weight is 203 g/mol. The summed E-state index contributed by atoms with van der Waals surface area (Å²) in [5.41, 5.74) is 0.889. The van der Waals surface area contributed by atoms with Crippen molar-refractivity contribution in [1.29, 1.82) is 0 Å². The van der Waals surface area contributed by atoms with Gasteiger partial charge in [-0.05, 0) is 6.07 Å². The molecular formula is C8H11ClN2O2. The van der Waals surface area contributed by atoms with Crippen molar-refractivity contribution in [3.63, 3.8) is 0 Å². The van der Waals surface area contributed by atoms with E-state index in [1.165, 1.54) is 18.5 Å². The van der Waals surface area contributed by atoms with Gasteiger partial charge in [-0.3, -0.25) is 4.98 Å². The van der Waals surface area contributed by atoms with E-state index in [0.717, 1.165) is 0 Å². The SMILES string of the molecule is CN(C)c1cnccc1C(=O)O.Cl. The smallest absolute Gasteiger partial charge is 0.337 e. The fraction of sp³-hybridized carbons (Fsp3) is 0.250. The predicted octanol–water partition coefficient (Wildman–Crippen LogP) is 1.27. The molecule has 0 amide bonds. The van der Waals surface area contributed by atoms with Gasteiger partial charge in [0, 0.05) is 20.3 Å². The Bertz CT molecular complexity index is 302. The molecule has 0 atom stereocenters. The number of anilines is 1. The first-order valence-corrected chi connectivity index (χ1v) is 3.47. The van der Waals surface area contributed by atoms with Crippen LogP contribution in [0.2, 0.25) is 0 Å². The first-order chi connectivity index (χ1) is 5.63. The van der Waals surface area contributed by atoms with E-state index in [0.29, 0.717) is 5.69 Å². The number of carbonyl (C=O) groups is 1. The third-order valence-electron chi connectivity index (χ3n) is 1.51. The number of hydrogen-bond acceptors (Lipinski definition) is 3. The summed E-state index contributed by atoms with van der Waals surface area (Å²) in [6.45, 7) is 0. The van der Waals surface area contributed by atoms with Crippen molar-refractivity contribution in [2.24, 2.45) is 0 Å². The molecule has 0 spiro atoms. The number of hydrogen-bond donors (Lipinski definition) is 1. The first-order valence-electron chi connectivity index (χ1n) is 3.47. The Labute approximate surface area is 82.6 Å². The Morgan fingerprint density at radius 2 is 2.15 bits per heavy atom. The largest absolute Gasteiger partial charge is 0.478 e. The van der Waals surface area contributed by atoms with Crippen LogP contribution in [0.15, 0.2) is 18.5 Å². The van der Waals surface area contributed by atoms with Gasteiger partial charge in [-0.2, -0.15) is 0 Å². The minimum atomic E-state index is -0.930. The molecule has 1 heterocycles. The summed E-state index contributed by atoms with van der Waals surface area (Å²) in [6.07, 6.45) is 3.00. The summed E-state index contributed by atoms with van der Waals surface area (Å²) >= 11 is 0. The van der Waals surface area contributed by atoms with Crippen LogP contribution in [0.4, 0.5) is 5.69 Å². The molecule has 0 fully saturated rings. The molecule has 72 valence electrons. The Morgan fingerprint density at radius 1 is 1.54 bits per heavy atom. The molecule has 0 aliphatic heterocycles. The third kappa shape index (κ3) is 2.59. The van der Waals surface area contributed by atoms with E-state index < -0.39 is 5.97 Å². The molecule has 4 nitrogen and oxygen atoms in total. The summed E-state index contributed by atoms with van der Waals surface area (Å²) in [4.78, 5) is 16.2. The van der Waals surface area contributed by atoms with Crippen LogP contribution in [-0.2, 0) is 0 Å². The molecule has 0 unspecified atom stereocenters. The lowest BCUT2D eigenvalue weighted by molar-refractivity contribution is 0.0697. The van der Waals surface area contributed by atoms with Crippen molar-refractivity contribution in [3.8, 4) is 0 Å². The van der Waals surface area contributed by atoms with E-state index in [1.807, 2.05) is 0 Å². The first kappa shape index (κ1) is 11.7. The molecule has 0 saturated carbocycles. The fourth-order valence-electron chi connectivity index (χ4n) is 0.923. The molecule has 5 heteroatoms. The van der Waals surface area contributed by atoms with Crippen LogP contribution in [-0.4, -0.2) is 30.2 Å². The second-order valence-electron chi connectivity index (χ2n) is 2.59. The molecule has 0 saturated heterocycles. The Balaban J connectivity index is 0.00000144. The molecule has 0 aliphatic rings. The molecular weight excluding hydrogens is 192 g/mol. The molecule has 13 heavy (non-hydrogen) atoms. The van der Waals surface area contributed by atoms with E-state index in [9.17, 15) is 4.79 Å². The zero-order chi connectivity index (χ0) is 9.14. The summed E-state index contributed by atoms with van der Waals surface area (Å²) < 4.78 is 0. The Kier molecular flexibility index (Phi) is 4.20. The van der Waals surface area contributed by atoms with Gasteiger partial charge in [0.25, 0.3) is 0 Å². The lowest BCUT2D eigenvalue weighted by Crippen LogP contribution is -2.13. The maximum absolute atomic E-state index is 10.7. The van der Waals surface area contributed by atoms with Gasteiger partial charge in [0.05, 0.1) is 17.4 Å². The molecule has 1 rings (SSSR count). The van der Waals surface area contributed by atoms with Gasteiger partial charge >= 0.3 is 5.97 Å². The summed E-state index contributed by atoms with van der Waals surface area (Å²) in [7, 11) is 3.56. The number of carboxylic acids is 1. The van der Waals surface area contributed by atoms with Crippen molar-refractivity contribution in [2.45, 2.75) is 0 Å². The van der Waals surface area contributed by atoms with Crippen molar-refractivity contribution in [2.75, 3.05) is 19.0 Å². The quantitative estimate of drug-likeness (QED) is 0.785. The van der Waals surface area contributed by atoms with Gasteiger partial charge in [0.1, 0.15) is 0 Å². The maximum Gasteiger partial charge on any atom is 0.337 e. The highest BCUT2D eigenvalue weighted by atomic mass is 35.5. The summed E-state index contributed by atoms with van der Waals surface area (Å²) in [5.74, 6) is -0.930. The minimum absolute atomic E-state index is 0. The van der Waals surface area contributed by atoms with E-state index in [-0.39, 0.29) is 18.0 Å². The molecule has 0 aromatic carbocycles. The molecule has 0 bridgehead atoms. The summed E-state index contributed by atoms with van der Waals surface area (Å²) in [6, 6.07) is 1.48. The molecule has 1 aromatic rings. The van der Waals surface area contributed by atoms with Gasteiger partial charge < -0.3 is 10.0 Å². The number of pyridine rings is 1.